The van der Waals surface area contributed by atoms with Gasteiger partial charge in [-0.15, -0.1) is 11.3 Å². The SMILES string of the molecule is CN1CCCC(CNCc2ccc(-c3ccccc3)s2)C1. The molecule has 0 amide bonds. The summed E-state index contributed by atoms with van der Waals surface area (Å²) in [5, 5.41) is 3.64. The minimum absolute atomic E-state index is 0.817. The first-order valence-corrected chi connectivity index (χ1v) is 8.66. The summed E-state index contributed by atoms with van der Waals surface area (Å²) in [7, 11) is 2.23. The fourth-order valence-electron chi connectivity index (χ4n) is 3.07. The van der Waals surface area contributed by atoms with E-state index in [2.05, 4.69) is 59.7 Å². The minimum Gasteiger partial charge on any atom is -0.312 e. The van der Waals surface area contributed by atoms with E-state index in [1.807, 2.05) is 11.3 Å². The summed E-state index contributed by atoms with van der Waals surface area (Å²) in [6, 6.07) is 15.1. The van der Waals surface area contributed by atoms with E-state index in [-0.39, 0.29) is 0 Å². The van der Waals surface area contributed by atoms with Crippen LogP contribution in [0, 0.1) is 5.92 Å². The van der Waals surface area contributed by atoms with Crippen molar-refractivity contribution in [2.45, 2.75) is 19.4 Å². The van der Waals surface area contributed by atoms with Crippen molar-refractivity contribution in [3.8, 4) is 10.4 Å². The van der Waals surface area contributed by atoms with Crippen molar-refractivity contribution in [3.05, 3.63) is 47.3 Å². The molecule has 1 N–H and O–H groups in total. The van der Waals surface area contributed by atoms with Crippen molar-refractivity contribution in [1.82, 2.24) is 10.2 Å². The summed E-state index contributed by atoms with van der Waals surface area (Å²) in [6.07, 6.45) is 2.72. The first-order valence-electron chi connectivity index (χ1n) is 7.84. The van der Waals surface area contributed by atoms with E-state index in [9.17, 15) is 0 Å². The summed E-state index contributed by atoms with van der Waals surface area (Å²) >= 11 is 1.90. The van der Waals surface area contributed by atoms with Crippen LogP contribution < -0.4 is 5.32 Å². The number of likely N-dealkylation sites (tertiary alicyclic amines) is 1. The first-order chi connectivity index (χ1) is 10.3. The first kappa shape index (κ1) is 14.8. The van der Waals surface area contributed by atoms with Crippen LogP contribution in [0.4, 0.5) is 0 Å². The fourth-order valence-corrected chi connectivity index (χ4v) is 4.05. The van der Waals surface area contributed by atoms with E-state index in [0.29, 0.717) is 0 Å². The van der Waals surface area contributed by atoms with Crippen LogP contribution in [0.1, 0.15) is 17.7 Å². The number of nitrogens with one attached hydrogen (secondary N) is 1. The number of thiophene rings is 1. The van der Waals surface area contributed by atoms with Gasteiger partial charge in [-0.1, -0.05) is 30.3 Å². The van der Waals surface area contributed by atoms with Gasteiger partial charge in [0.1, 0.15) is 0 Å². The fraction of sp³-hybridized carbons (Fsp3) is 0.444. The van der Waals surface area contributed by atoms with Crippen molar-refractivity contribution < 1.29 is 0 Å². The maximum atomic E-state index is 3.64. The molecule has 21 heavy (non-hydrogen) atoms. The number of benzene rings is 1. The van der Waals surface area contributed by atoms with Gasteiger partial charge in [-0.05, 0) is 56.6 Å². The van der Waals surface area contributed by atoms with Gasteiger partial charge in [0.25, 0.3) is 0 Å². The van der Waals surface area contributed by atoms with Gasteiger partial charge in [-0.25, -0.2) is 0 Å². The number of nitrogens with zero attached hydrogens (tertiary/aromatic N) is 1. The second-order valence-electron chi connectivity index (χ2n) is 6.03. The normalized spacial score (nSPS) is 19.8. The molecule has 1 aliphatic rings. The molecule has 3 heteroatoms. The van der Waals surface area contributed by atoms with E-state index in [4.69, 9.17) is 0 Å². The summed E-state index contributed by atoms with van der Waals surface area (Å²) in [5.74, 6) is 0.817. The number of hydrogen-bond acceptors (Lipinski definition) is 3. The molecule has 1 aromatic carbocycles. The summed E-state index contributed by atoms with van der Waals surface area (Å²) in [6.45, 7) is 4.65. The molecule has 1 aliphatic heterocycles. The van der Waals surface area contributed by atoms with Crippen LogP contribution in [0.2, 0.25) is 0 Å². The standard InChI is InChI=1S/C18H24N2S/c1-20-11-5-6-15(14-20)12-19-13-17-9-10-18(21-17)16-7-3-2-4-8-16/h2-4,7-10,15,19H,5-6,11-14H2,1H3. The van der Waals surface area contributed by atoms with E-state index >= 15 is 0 Å². The molecular weight excluding hydrogens is 276 g/mol. The topological polar surface area (TPSA) is 15.3 Å². The zero-order chi connectivity index (χ0) is 14.5. The Kier molecular flexibility index (Phi) is 5.07. The average molecular weight is 300 g/mol. The second kappa shape index (κ2) is 7.21. The lowest BCUT2D eigenvalue weighted by molar-refractivity contribution is 0.206. The Labute approximate surface area is 131 Å². The van der Waals surface area contributed by atoms with E-state index in [0.717, 1.165) is 19.0 Å². The van der Waals surface area contributed by atoms with Crippen molar-refractivity contribution in [2.75, 3.05) is 26.7 Å². The van der Waals surface area contributed by atoms with Gasteiger partial charge in [-0.3, -0.25) is 0 Å². The van der Waals surface area contributed by atoms with Crippen LogP contribution in [-0.2, 0) is 6.54 Å². The Morgan fingerprint density at radius 1 is 1.19 bits per heavy atom. The highest BCUT2D eigenvalue weighted by atomic mass is 32.1. The second-order valence-corrected chi connectivity index (χ2v) is 7.20. The molecule has 2 aromatic rings. The minimum atomic E-state index is 0.817. The Balaban J connectivity index is 1.49. The zero-order valence-electron chi connectivity index (χ0n) is 12.7. The molecule has 1 unspecified atom stereocenters. The van der Waals surface area contributed by atoms with Crippen LogP contribution in [0.15, 0.2) is 42.5 Å². The monoisotopic (exact) mass is 300 g/mol. The van der Waals surface area contributed by atoms with Gasteiger partial charge < -0.3 is 10.2 Å². The molecule has 1 saturated heterocycles. The number of rotatable bonds is 5. The summed E-state index contributed by atoms with van der Waals surface area (Å²) < 4.78 is 0. The maximum Gasteiger partial charge on any atom is 0.0346 e. The van der Waals surface area contributed by atoms with Gasteiger partial charge in [0.05, 0.1) is 0 Å². The quantitative estimate of drug-likeness (QED) is 0.902. The van der Waals surface area contributed by atoms with Crippen molar-refractivity contribution in [1.29, 1.82) is 0 Å². The highest BCUT2D eigenvalue weighted by Gasteiger charge is 2.16. The molecule has 2 nitrogen and oxygen atoms in total. The molecule has 0 aliphatic carbocycles. The van der Waals surface area contributed by atoms with Gasteiger partial charge in [-0.2, -0.15) is 0 Å². The van der Waals surface area contributed by atoms with Crippen LogP contribution in [0.25, 0.3) is 10.4 Å². The van der Waals surface area contributed by atoms with E-state index < -0.39 is 0 Å². The predicted octanol–water partition coefficient (Wildman–Crippen LogP) is 3.85. The molecule has 1 aromatic heterocycles. The molecule has 112 valence electrons. The Hall–Kier alpha value is -1.16. The molecule has 3 rings (SSSR count). The van der Waals surface area contributed by atoms with Crippen LogP contribution in [0.5, 0.6) is 0 Å². The van der Waals surface area contributed by atoms with Crippen molar-refractivity contribution in [2.24, 2.45) is 5.92 Å². The molecule has 1 atom stereocenters. The van der Waals surface area contributed by atoms with Crippen molar-refractivity contribution >= 4 is 11.3 Å². The Morgan fingerprint density at radius 2 is 2.05 bits per heavy atom. The molecule has 0 bridgehead atoms. The third-order valence-electron chi connectivity index (χ3n) is 4.17. The summed E-state index contributed by atoms with van der Waals surface area (Å²) in [5.41, 5.74) is 1.32. The molecule has 1 fully saturated rings. The summed E-state index contributed by atoms with van der Waals surface area (Å²) in [4.78, 5) is 5.25. The largest absolute Gasteiger partial charge is 0.312 e. The molecular formula is C18H24N2S. The van der Waals surface area contributed by atoms with Gasteiger partial charge in [0.15, 0.2) is 0 Å². The van der Waals surface area contributed by atoms with Gasteiger partial charge >= 0.3 is 0 Å². The Bertz CT molecular complexity index is 549. The van der Waals surface area contributed by atoms with Crippen molar-refractivity contribution in [3.63, 3.8) is 0 Å². The zero-order valence-corrected chi connectivity index (χ0v) is 13.5. The highest BCUT2D eigenvalue weighted by Crippen LogP contribution is 2.27. The lowest BCUT2D eigenvalue weighted by Crippen LogP contribution is -2.37. The molecule has 0 spiro atoms. The number of hydrogen-bond donors (Lipinski definition) is 1. The van der Waals surface area contributed by atoms with E-state index in [1.54, 1.807) is 0 Å². The van der Waals surface area contributed by atoms with Crippen LogP contribution in [0.3, 0.4) is 0 Å². The lowest BCUT2D eigenvalue weighted by Gasteiger charge is -2.29. The van der Waals surface area contributed by atoms with E-state index in [1.165, 1.54) is 41.2 Å². The van der Waals surface area contributed by atoms with Gasteiger partial charge in [0.2, 0.25) is 0 Å². The van der Waals surface area contributed by atoms with Crippen LogP contribution >= 0.6 is 11.3 Å². The number of piperidine rings is 1. The predicted molar refractivity (Wildman–Crippen MR) is 91.7 cm³/mol. The molecule has 0 radical (unpaired) electrons. The smallest absolute Gasteiger partial charge is 0.0346 e. The Morgan fingerprint density at radius 3 is 2.86 bits per heavy atom. The highest BCUT2D eigenvalue weighted by molar-refractivity contribution is 7.15. The van der Waals surface area contributed by atoms with Gasteiger partial charge in [0, 0.05) is 22.8 Å². The maximum absolute atomic E-state index is 3.64. The molecule has 0 saturated carbocycles. The third kappa shape index (κ3) is 4.16. The lowest BCUT2D eigenvalue weighted by atomic mass is 9.98. The average Bonchev–Trinajstić information content (AvgIpc) is 2.97. The molecule has 2 heterocycles. The third-order valence-corrected chi connectivity index (χ3v) is 5.31. The van der Waals surface area contributed by atoms with Crippen LogP contribution in [-0.4, -0.2) is 31.6 Å².